The summed E-state index contributed by atoms with van der Waals surface area (Å²) in [5.74, 6) is 2.05. The molecule has 0 saturated carbocycles. The molecule has 21 heavy (non-hydrogen) atoms. The highest BCUT2D eigenvalue weighted by Crippen LogP contribution is 2.23. The lowest BCUT2D eigenvalue weighted by molar-refractivity contribution is 0.150. The minimum absolute atomic E-state index is 0. The van der Waals surface area contributed by atoms with Crippen LogP contribution in [0.15, 0.2) is 22.0 Å². The maximum absolute atomic E-state index is 5.96. The van der Waals surface area contributed by atoms with Gasteiger partial charge in [-0.2, -0.15) is 4.98 Å². The minimum Gasteiger partial charge on any atom is -0.338 e. The van der Waals surface area contributed by atoms with E-state index in [0.717, 1.165) is 37.4 Å². The SMILES string of the molecule is CC(N)C1CCN(Cc2nc(-c3cccs3)no2)CC1.Cl. The lowest BCUT2D eigenvalue weighted by Crippen LogP contribution is -2.39. The summed E-state index contributed by atoms with van der Waals surface area (Å²) in [6.07, 6.45) is 2.31. The molecule has 0 bridgehead atoms. The van der Waals surface area contributed by atoms with Crippen molar-refractivity contribution in [3.8, 4) is 10.7 Å². The lowest BCUT2D eigenvalue weighted by Gasteiger charge is -2.32. The van der Waals surface area contributed by atoms with Gasteiger partial charge in [0.25, 0.3) is 0 Å². The zero-order valence-corrected chi connectivity index (χ0v) is 13.7. The van der Waals surface area contributed by atoms with Crippen molar-refractivity contribution < 1.29 is 4.52 Å². The maximum Gasteiger partial charge on any atom is 0.241 e. The normalized spacial score (nSPS) is 18.4. The van der Waals surface area contributed by atoms with Crippen LogP contribution in [0.1, 0.15) is 25.7 Å². The zero-order chi connectivity index (χ0) is 13.9. The summed E-state index contributed by atoms with van der Waals surface area (Å²) in [5.41, 5.74) is 5.96. The van der Waals surface area contributed by atoms with Gasteiger partial charge in [0.1, 0.15) is 0 Å². The number of rotatable bonds is 4. The molecule has 1 aliphatic heterocycles. The minimum atomic E-state index is 0. The molecule has 0 radical (unpaired) electrons. The van der Waals surface area contributed by atoms with Gasteiger partial charge < -0.3 is 10.3 Å². The topological polar surface area (TPSA) is 68.2 Å². The first-order valence-corrected chi connectivity index (χ1v) is 7.95. The Labute approximate surface area is 134 Å². The van der Waals surface area contributed by atoms with Gasteiger partial charge in [0.2, 0.25) is 11.7 Å². The Kier molecular flexibility index (Phi) is 5.75. The lowest BCUT2D eigenvalue weighted by atomic mass is 9.91. The fourth-order valence-electron chi connectivity index (χ4n) is 2.65. The van der Waals surface area contributed by atoms with Gasteiger partial charge in [-0.15, -0.1) is 23.7 Å². The number of hydrogen-bond donors (Lipinski definition) is 1. The number of likely N-dealkylation sites (tertiary alicyclic amines) is 1. The van der Waals surface area contributed by atoms with E-state index in [0.29, 0.717) is 23.7 Å². The smallest absolute Gasteiger partial charge is 0.241 e. The van der Waals surface area contributed by atoms with Crippen LogP contribution in [0.2, 0.25) is 0 Å². The first-order valence-electron chi connectivity index (χ1n) is 7.07. The molecule has 116 valence electrons. The highest BCUT2D eigenvalue weighted by Gasteiger charge is 2.23. The Morgan fingerprint density at radius 1 is 1.48 bits per heavy atom. The fourth-order valence-corrected chi connectivity index (χ4v) is 3.30. The van der Waals surface area contributed by atoms with Crippen LogP contribution < -0.4 is 5.73 Å². The molecule has 1 saturated heterocycles. The fraction of sp³-hybridized carbons (Fsp3) is 0.571. The third-order valence-electron chi connectivity index (χ3n) is 3.94. The molecular formula is C14H21ClN4OS. The number of thiophene rings is 1. The second kappa shape index (κ2) is 7.35. The molecule has 0 aliphatic carbocycles. The summed E-state index contributed by atoms with van der Waals surface area (Å²) in [6, 6.07) is 4.30. The highest BCUT2D eigenvalue weighted by molar-refractivity contribution is 7.13. The molecule has 0 amide bonds. The average molecular weight is 329 g/mol. The van der Waals surface area contributed by atoms with E-state index in [1.807, 2.05) is 17.5 Å². The standard InChI is InChI=1S/C14H20N4OS.ClH/c1-10(15)11-4-6-18(7-5-11)9-13-16-14(17-19-13)12-3-2-8-20-12;/h2-3,8,10-11H,4-7,9,15H2,1H3;1H. The molecular weight excluding hydrogens is 308 g/mol. The molecule has 7 heteroatoms. The quantitative estimate of drug-likeness (QED) is 0.934. The first kappa shape index (κ1) is 16.4. The van der Waals surface area contributed by atoms with Crippen molar-refractivity contribution in [2.24, 2.45) is 11.7 Å². The van der Waals surface area contributed by atoms with E-state index < -0.39 is 0 Å². The largest absolute Gasteiger partial charge is 0.338 e. The molecule has 0 aromatic carbocycles. The summed E-state index contributed by atoms with van der Waals surface area (Å²) >= 11 is 1.63. The number of nitrogens with zero attached hydrogens (tertiary/aromatic N) is 3. The van der Waals surface area contributed by atoms with Gasteiger partial charge in [-0.3, -0.25) is 4.90 Å². The van der Waals surface area contributed by atoms with Gasteiger partial charge in [0.15, 0.2) is 0 Å². The van der Waals surface area contributed by atoms with Crippen molar-refractivity contribution in [3.63, 3.8) is 0 Å². The Hall–Kier alpha value is -0.950. The van der Waals surface area contributed by atoms with E-state index in [1.165, 1.54) is 0 Å². The Morgan fingerprint density at radius 3 is 2.86 bits per heavy atom. The van der Waals surface area contributed by atoms with E-state index in [-0.39, 0.29) is 12.4 Å². The van der Waals surface area contributed by atoms with Crippen molar-refractivity contribution in [3.05, 3.63) is 23.4 Å². The van der Waals surface area contributed by atoms with Crippen molar-refractivity contribution in [1.29, 1.82) is 0 Å². The van der Waals surface area contributed by atoms with Crippen LogP contribution in [0.25, 0.3) is 10.7 Å². The number of aromatic nitrogens is 2. The van der Waals surface area contributed by atoms with Gasteiger partial charge >= 0.3 is 0 Å². The molecule has 1 aliphatic rings. The third-order valence-corrected chi connectivity index (χ3v) is 4.81. The molecule has 2 aromatic heterocycles. The Morgan fingerprint density at radius 2 is 2.24 bits per heavy atom. The van der Waals surface area contributed by atoms with Gasteiger partial charge in [0.05, 0.1) is 11.4 Å². The van der Waals surface area contributed by atoms with Gasteiger partial charge in [-0.1, -0.05) is 11.2 Å². The molecule has 2 aromatic rings. The molecule has 1 fully saturated rings. The van der Waals surface area contributed by atoms with Crippen LogP contribution in [0.5, 0.6) is 0 Å². The van der Waals surface area contributed by atoms with Crippen LogP contribution in [0.3, 0.4) is 0 Å². The zero-order valence-electron chi connectivity index (χ0n) is 12.1. The van der Waals surface area contributed by atoms with Gasteiger partial charge in [-0.05, 0) is 50.2 Å². The third kappa shape index (κ3) is 4.03. The number of halogens is 1. The summed E-state index contributed by atoms with van der Waals surface area (Å²) in [7, 11) is 0. The second-order valence-electron chi connectivity index (χ2n) is 5.46. The van der Waals surface area contributed by atoms with Crippen molar-refractivity contribution in [2.75, 3.05) is 13.1 Å². The molecule has 0 spiro atoms. The summed E-state index contributed by atoms with van der Waals surface area (Å²) in [4.78, 5) is 7.88. The summed E-state index contributed by atoms with van der Waals surface area (Å²) in [5, 5.41) is 6.06. The van der Waals surface area contributed by atoms with Crippen LogP contribution in [-0.2, 0) is 6.54 Å². The molecule has 1 atom stereocenters. The molecule has 3 heterocycles. The summed E-state index contributed by atoms with van der Waals surface area (Å²) < 4.78 is 5.34. The molecule has 1 unspecified atom stereocenters. The predicted octanol–water partition coefficient (Wildman–Crippen LogP) is 2.78. The molecule has 2 N–H and O–H groups in total. The van der Waals surface area contributed by atoms with Crippen molar-refractivity contribution in [1.82, 2.24) is 15.0 Å². The van der Waals surface area contributed by atoms with Crippen LogP contribution >= 0.6 is 23.7 Å². The number of nitrogens with two attached hydrogens (primary N) is 1. The van der Waals surface area contributed by atoms with Crippen LogP contribution in [0.4, 0.5) is 0 Å². The Balaban J connectivity index is 0.00000161. The monoisotopic (exact) mass is 328 g/mol. The maximum atomic E-state index is 5.96. The van der Waals surface area contributed by atoms with Gasteiger partial charge in [0, 0.05) is 6.04 Å². The number of hydrogen-bond acceptors (Lipinski definition) is 6. The summed E-state index contributed by atoms with van der Waals surface area (Å²) in [6.45, 7) is 4.96. The Bertz CT molecular complexity index is 535. The van der Waals surface area contributed by atoms with Gasteiger partial charge in [-0.25, -0.2) is 0 Å². The highest BCUT2D eigenvalue weighted by atomic mass is 35.5. The van der Waals surface area contributed by atoms with E-state index in [2.05, 4.69) is 22.0 Å². The second-order valence-corrected chi connectivity index (χ2v) is 6.41. The number of piperidine rings is 1. The molecule has 3 rings (SSSR count). The van der Waals surface area contributed by atoms with E-state index >= 15 is 0 Å². The van der Waals surface area contributed by atoms with Crippen LogP contribution in [-0.4, -0.2) is 34.2 Å². The van der Waals surface area contributed by atoms with E-state index in [9.17, 15) is 0 Å². The van der Waals surface area contributed by atoms with Crippen LogP contribution in [0, 0.1) is 5.92 Å². The van der Waals surface area contributed by atoms with Crippen molar-refractivity contribution in [2.45, 2.75) is 32.4 Å². The van der Waals surface area contributed by atoms with E-state index in [4.69, 9.17) is 10.3 Å². The van der Waals surface area contributed by atoms with E-state index in [1.54, 1.807) is 11.3 Å². The average Bonchev–Trinajstić information content (AvgIpc) is 3.09. The first-order chi connectivity index (χ1) is 9.72. The molecule has 5 nitrogen and oxygen atoms in total. The predicted molar refractivity (Wildman–Crippen MR) is 86.5 cm³/mol. The van der Waals surface area contributed by atoms with Crippen molar-refractivity contribution >= 4 is 23.7 Å².